The fraction of sp³-hybridized carbons (Fsp3) is 0.286. The van der Waals surface area contributed by atoms with Crippen LogP contribution in [0.4, 0.5) is 18.2 Å². The minimum absolute atomic E-state index is 0.119. The van der Waals surface area contributed by atoms with Crippen molar-refractivity contribution < 1.29 is 18.0 Å². The average Bonchev–Trinajstić information content (AvgIpc) is 2.94. The molecule has 3 nitrogen and oxygen atoms in total. The van der Waals surface area contributed by atoms with Gasteiger partial charge in [-0.2, -0.15) is 13.2 Å². The van der Waals surface area contributed by atoms with Gasteiger partial charge in [-0.15, -0.1) is 11.3 Å². The molecule has 8 heteroatoms. The summed E-state index contributed by atoms with van der Waals surface area (Å²) in [6.07, 6.45) is -4.40. The molecular formula is C14H11F3N2OS2. The standard InChI is InChI=1S/C14H11F3N2OS2/c1-8(9-3-2-4-10(5-9)14(15,16)17)19-11(20)6-21-12-13(19)22-7-18-12/h2-5,7-8H,6H2,1H3. The van der Waals surface area contributed by atoms with Crippen molar-refractivity contribution in [3.63, 3.8) is 0 Å². The summed E-state index contributed by atoms with van der Waals surface area (Å²) in [5.74, 6) is 0.131. The maximum absolute atomic E-state index is 12.8. The number of carbonyl (C=O) groups is 1. The van der Waals surface area contributed by atoms with Crippen molar-refractivity contribution in [2.24, 2.45) is 0 Å². The molecule has 1 aromatic heterocycles. The van der Waals surface area contributed by atoms with Gasteiger partial charge in [0.2, 0.25) is 5.91 Å². The van der Waals surface area contributed by atoms with Gasteiger partial charge >= 0.3 is 6.18 Å². The van der Waals surface area contributed by atoms with Gasteiger partial charge in [-0.1, -0.05) is 23.9 Å². The number of amides is 1. The first-order chi connectivity index (χ1) is 10.4. The predicted molar refractivity (Wildman–Crippen MR) is 80.2 cm³/mol. The predicted octanol–water partition coefficient (Wildman–Crippen LogP) is 4.36. The van der Waals surface area contributed by atoms with E-state index in [0.29, 0.717) is 10.6 Å². The second kappa shape index (κ2) is 5.58. The largest absolute Gasteiger partial charge is 0.416 e. The van der Waals surface area contributed by atoms with Crippen molar-refractivity contribution in [1.29, 1.82) is 0 Å². The van der Waals surface area contributed by atoms with E-state index in [4.69, 9.17) is 0 Å². The average molecular weight is 344 g/mol. The zero-order chi connectivity index (χ0) is 15.9. The Labute approximate surface area is 133 Å². The van der Waals surface area contributed by atoms with Crippen molar-refractivity contribution in [2.75, 3.05) is 10.7 Å². The number of aromatic nitrogens is 1. The fourth-order valence-electron chi connectivity index (χ4n) is 2.32. The molecule has 1 aromatic carbocycles. The highest BCUT2D eigenvalue weighted by atomic mass is 32.2. The van der Waals surface area contributed by atoms with Gasteiger partial charge < -0.3 is 0 Å². The summed E-state index contributed by atoms with van der Waals surface area (Å²) in [5, 5.41) is 1.45. The number of nitrogens with zero attached hydrogens (tertiary/aromatic N) is 2. The van der Waals surface area contributed by atoms with E-state index in [9.17, 15) is 18.0 Å². The van der Waals surface area contributed by atoms with Crippen LogP contribution in [0.25, 0.3) is 0 Å². The molecule has 0 saturated heterocycles. The molecule has 0 saturated carbocycles. The van der Waals surface area contributed by atoms with Gasteiger partial charge in [-0.25, -0.2) is 4.98 Å². The van der Waals surface area contributed by atoms with Gasteiger partial charge in [-0.3, -0.25) is 9.69 Å². The lowest BCUT2D eigenvalue weighted by atomic mass is 10.0. The summed E-state index contributed by atoms with van der Waals surface area (Å²) >= 11 is 2.68. The Kier molecular flexibility index (Phi) is 3.90. The van der Waals surface area contributed by atoms with Gasteiger partial charge in [0.15, 0.2) is 0 Å². The fourth-order valence-corrected chi connectivity index (χ4v) is 4.24. The van der Waals surface area contributed by atoms with Crippen LogP contribution in [-0.4, -0.2) is 16.6 Å². The van der Waals surface area contributed by atoms with Crippen LogP contribution in [0, 0.1) is 0 Å². The Hall–Kier alpha value is -1.54. The molecule has 22 heavy (non-hydrogen) atoms. The van der Waals surface area contributed by atoms with E-state index in [-0.39, 0.29) is 11.7 Å². The molecule has 1 unspecified atom stereocenters. The van der Waals surface area contributed by atoms with Crippen LogP contribution >= 0.6 is 23.1 Å². The van der Waals surface area contributed by atoms with Crippen LogP contribution in [0.2, 0.25) is 0 Å². The van der Waals surface area contributed by atoms with Crippen molar-refractivity contribution in [2.45, 2.75) is 24.2 Å². The molecule has 3 rings (SSSR count). The minimum Gasteiger partial charge on any atom is -0.293 e. The molecule has 2 heterocycles. The summed E-state index contributed by atoms with van der Waals surface area (Å²) in [7, 11) is 0. The number of fused-ring (bicyclic) bond motifs is 1. The van der Waals surface area contributed by atoms with E-state index in [1.807, 2.05) is 0 Å². The molecule has 0 radical (unpaired) electrons. The zero-order valence-electron chi connectivity index (χ0n) is 11.4. The Balaban J connectivity index is 1.98. The third-order valence-corrected chi connectivity index (χ3v) is 5.34. The lowest BCUT2D eigenvalue weighted by molar-refractivity contribution is -0.137. The van der Waals surface area contributed by atoms with Gasteiger partial charge in [-0.05, 0) is 24.6 Å². The highest BCUT2D eigenvalue weighted by molar-refractivity contribution is 8.00. The molecule has 0 aliphatic carbocycles. The Morgan fingerprint density at radius 2 is 2.14 bits per heavy atom. The number of alkyl halides is 3. The minimum atomic E-state index is -4.40. The summed E-state index contributed by atoms with van der Waals surface area (Å²) < 4.78 is 38.5. The second-order valence-electron chi connectivity index (χ2n) is 4.81. The van der Waals surface area contributed by atoms with Crippen molar-refractivity contribution in [1.82, 2.24) is 4.98 Å². The topological polar surface area (TPSA) is 33.2 Å². The third kappa shape index (κ3) is 2.72. The summed E-state index contributed by atoms with van der Waals surface area (Å²) in [5.41, 5.74) is 1.39. The van der Waals surface area contributed by atoms with E-state index in [0.717, 1.165) is 17.2 Å². The number of hydrogen-bond donors (Lipinski definition) is 0. The molecule has 0 spiro atoms. The van der Waals surface area contributed by atoms with E-state index < -0.39 is 17.8 Å². The molecule has 116 valence electrons. The number of hydrogen-bond acceptors (Lipinski definition) is 4. The summed E-state index contributed by atoms with van der Waals surface area (Å²) in [6.45, 7) is 1.73. The maximum atomic E-state index is 12.8. The van der Waals surface area contributed by atoms with E-state index in [2.05, 4.69) is 4.98 Å². The maximum Gasteiger partial charge on any atom is 0.416 e. The molecule has 0 N–H and O–H groups in total. The molecule has 0 fully saturated rings. The van der Waals surface area contributed by atoms with Crippen LogP contribution in [0.3, 0.4) is 0 Å². The molecule has 1 aliphatic heterocycles. The van der Waals surface area contributed by atoms with E-state index >= 15 is 0 Å². The zero-order valence-corrected chi connectivity index (χ0v) is 13.1. The van der Waals surface area contributed by atoms with Gasteiger partial charge in [0.1, 0.15) is 10.0 Å². The number of halogens is 3. The van der Waals surface area contributed by atoms with Crippen molar-refractivity contribution >= 4 is 34.0 Å². The Bertz CT molecular complexity index is 714. The highest BCUT2D eigenvalue weighted by Gasteiger charge is 2.34. The number of anilines is 1. The van der Waals surface area contributed by atoms with Crippen LogP contribution in [0.5, 0.6) is 0 Å². The third-order valence-electron chi connectivity index (χ3n) is 3.42. The van der Waals surface area contributed by atoms with Crippen LogP contribution < -0.4 is 4.90 Å². The Morgan fingerprint density at radius 3 is 2.86 bits per heavy atom. The SMILES string of the molecule is CC(c1cccc(C(F)(F)F)c1)N1C(=O)CSc2ncsc21. The van der Waals surface area contributed by atoms with Crippen LogP contribution in [0.1, 0.15) is 24.1 Å². The monoisotopic (exact) mass is 344 g/mol. The first kappa shape index (κ1) is 15.4. The second-order valence-corrected chi connectivity index (χ2v) is 6.61. The normalized spacial score (nSPS) is 16.5. The number of thiazole rings is 1. The molecule has 1 amide bonds. The number of carbonyl (C=O) groups excluding carboxylic acids is 1. The molecule has 1 atom stereocenters. The van der Waals surface area contributed by atoms with E-state index in [1.165, 1.54) is 29.2 Å². The van der Waals surface area contributed by atoms with Crippen molar-refractivity contribution in [3.05, 3.63) is 40.9 Å². The highest BCUT2D eigenvalue weighted by Crippen LogP contribution is 2.42. The molecule has 1 aliphatic rings. The number of rotatable bonds is 2. The van der Waals surface area contributed by atoms with Crippen LogP contribution in [-0.2, 0) is 11.0 Å². The molecule has 0 bridgehead atoms. The summed E-state index contributed by atoms with van der Waals surface area (Å²) in [4.78, 5) is 17.9. The quantitative estimate of drug-likeness (QED) is 0.811. The van der Waals surface area contributed by atoms with Crippen LogP contribution in [0.15, 0.2) is 34.8 Å². The first-order valence-electron chi connectivity index (χ1n) is 6.43. The van der Waals surface area contributed by atoms with Gasteiger partial charge in [0, 0.05) is 0 Å². The molecular weight excluding hydrogens is 333 g/mol. The lowest BCUT2D eigenvalue weighted by Crippen LogP contribution is -2.36. The Morgan fingerprint density at radius 1 is 1.36 bits per heavy atom. The van der Waals surface area contributed by atoms with Crippen molar-refractivity contribution in [3.8, 4) is 0 Å². The number of thioether (sulfide) groups is 1. The number of benzene rings is 1. The van der Waals surface area contributed by atoms with Gasteiger partial charge in [0.25, 0.3) is 0 Å². The molecule has 2 aromatic rings. The summed E-state index contributed by atoms with van der Waals surface area (Å²) in [6, 6.07) is 4.62. The smallest absolute Gasteiger partial charge is 0.293 e. The first-order valence-corrected chi connectivity index (χ1v) is 8.30. The lowest BCUT2D eigenvalue weighted by Gasteiger charge is -2.31. The van der Waals surface area contributed by atoms with Gasteiger partial charge in [0.05, 0.1) is 22.9 Å². The van der Waals surface area contributed by atoms with E-state index in [1.54, 1.807) is 23.4 Å².